The van der Waals surface area contributed by atoms with Crippen molar-refractivity contribution in [3.63, 3.8) is 0 Å². The highest BCUT2D eigenvalue weighted by Crippen LogP contribution is 2.15. The lowest BCUT2D eigenvalue weighted by atomic mass is 10.2. The van der Waals surface area contributed by atoms with Crippen molar-refractivity contribution in [1.29, 1.82) is 0 Å². The van der Waals surface area contributed by atoms with Crippen molar-refractivity contribution >= 4 is 23.3 Å². The molecule has 0 atom stereocenters. The maximum Gasteiger partial charge on any atom is 0.219 e. The Balaban J connectivity index is 1.74. The Morgan fingerprint density at radius 3 is 2.37 bits per heavy atom. The molecular formula is C17H13NO. The van der Waals surface area contributed by atoms with Gasteiger partial charge in [0.1, 0.15) is 5.52 Å². The average molecular weight is 247 g/mol. The molecule has 3 aromatic rings. The molecule has 0 radical (unpaired) electrons. The van der Waals surface area contributed by atoms with Gasteiger partial charge in [0.15, 0.2) is 5.58 Å². The summed E-state index contributed by atoms with van der Waals surface area (Å²) in [6, 6.07) is 17.9. The first kappa shape index (κ1) is 11.5. The number of para-hydroxylation sites is 2. The van der Waals surface area contributed by atoms with Crippen molar-refractivity contribution in [3.05, 3.63) is 78.2 Å². The van der Waals surface area contributed by atoms with E-state index in [0.717, 1.165) is 11.1 Å². The van der Waals surface area contributed by atoms with E-state index in [0.29, 0.717) is 5.89 Å². The zero-order valence-corrected chi connectivity index (χ0v) is 10.4. The molecule has 0 aliphatic heterocycles. The maximum atomic E-state index is 5.59. The third kappa shape index (κ3) is 2.80. The molecule has 92 valence electrons. The number of oxazole rings is 1. The summed E-state index contributed by atoms with van der Waals surface area (Å²) in [7, 11) is 0. The molecular weight excluding hydrogens is 234 g/mol. The third-order valence-corrected chi connectivity index (χ3v) is 2.75. The van der Waals surface area contributed by atoms with Crippen molar-refractivity contribution in [2.24, 2.45) is 0 Å². The van der Waals surface area contributed by atoms with Crippen LogP contribution >= 0.6 is 0 Å². The van der Waals surface area contributed by atoms with E-state index in [2.05, 4.69) is 17.1 Å². The van der Waals surface area contributed by atoms with Gasteiger partial charge in [-0.05, 0) is 17.7 Å². The first-order valence-corrected chi connectivity index (χ1v) is 6.17. The first-order chi connectivity index (χ1) is 9.42. The summed E-state index contributed by atoms with van der Waals surface area (Å²) in [5, 5.41) is 0. The van der Waals surface area contributed by atoms with E-state index in [-0.39, 0.29) is 0 Å². The zero-order chi connectivity index (χ0) is 12.9. The number of allylic oxidation sites excluding steroid dienone is 2. The molecule has 1 aromatic heterocycles. The van der Waals surface area contributed by atoms with Gasteiger partial charge in [-0.3, -0.25) is 0 Å². The Hall–Kier alpha value is -2.61. The van der Waals surface area contributed by atoms with Crippen LogP contribution in [-0.4, -0.2) is 4.98 Å². The molecule has 0 saturated carbocycles. The van der Waals surface area contributed by atoms with Crippen LogP contribution in [0.15, 0.2) is 71.2 Å². The van der Waals surface area contributed by atoms with Gasteiger partial charge < -0.3 is 4.42 Å². The summed E-state index contributed by atoms with van der Waals surface area (Å²) in [5.41, 5.74) is 2.87. The summed E-state index contributed by atoms with van der Waals surface area (Å²) in [6.07, 6.45) is 7.81. The number of aromatic nitrogens is 1. The van der Waals surface area contributed by atoms with Gasteiger partial charge in [-0.25, -0.2) is 4.98 Å². The lowest BCUT2D eigenvalue weighted by molar-refractivity contribution is 0.589. The lowest BCUT2D eigenvalue weighted by Gasteiger charge is -1.88. The van der Waals surface area contributed by atoms with Crippen molar-refractivity contribution in [1.82, 2.24) is 4.98 Å². The third-order valence-electron chi connectivity index (χ3n) is 2.75. The quantitative estimate of drug-likeness (QED) is 0.634. The molecule has 2 nitrogen and oxygen atoms in total. The highest BCUT2D eigenvalue weighted by molar-refractivity contribution is 5.73. The molecule has 0 spiro atoms. The normalized spacial score (nSPS) is 11.8. The SMILES string of the molecule is C(C=Cc1nc2ccccc2o1)=Cc1ccccc1. The summed E-state index contributed by atoms with van der Waals surface area (Å²) in [5.74, 6) is 0.624. The molecule has 1 heterocycles. The monoisotopic (exact) mass is 247 g/mol. The van der Waals surface area contributed by atoms with E-state index >= 15 is 0 Å². The number of benzene rings is 2. The molecule has 0 aliphatic rings. The standard InChI is InChI=1S/C17H13NO/c1-2-8-14(9-3-1)10-4-7-13-17-18-15-11-5-6-12-16(15)19-17/h1-13H. The molecule has 0 bridgehead atoms. The topological polar surface area (TPSA) is 26.0 Å². The van der Waals surface area contributed by atoms with Gasteiger partial charge in [0.2, 0.25) is 5.89 Å². The zero-order valence-electron chi connectivity index (χ0n) is 10.4. The van der Waals surface area contributed by atoms with Crippen LogP contribution < -0.4 is 0 Å². The number of hydrogen-bond donors (Lipinski definition) is 0. The number of rotatable bonds is 3. The van der Waals surface area contributed by atoms with Crippen LogP contribution in [0.3, 0.4) is 0 Å². The van der Waals surface area contributed by atoms with Crippen molar-refractivity contribution in [2.75, 3.05) is 0 Å². The van der Waals surface area contributed by atoms with Gasteiger partial charge in [-0.1, -0.05) is 60.7 Å². The minimum absolute atomic E-state index is 0.624. The van der Waals surface area contributed by atoms with Crippen LogP contribution in [0.2, 0.25) is 0 Å². The van der Waals surface area contributed by atoms with E-state index in [1.54, 1.807) is 0 Å². The molecule has 0 N–H and O–H groups in total. The molecule has 0 amide bonds. The fourth-order valence-corrected chi connectivity index (χ4v) is 1.83. The fraction of sp³-hybridized carbons (Fsp3) is 0. The largest absolute Gasteiger partial charge is 0.437 e. The Labute approximate surface area is 111 Å². The second-order valence-corrected chi connectivity index (χ2v) is 4.15. The van der Waals surface area contributed by atoms with E-state index < -0.39 is 0 Å². The Kier molecular flexibility index (Phi) is 3.24. The van der Waals surface area contributed by atoms with E-state index in [9.17, 15) is 0 Å². The summed E-state index contributed by atoms with van der Waals surface area (Å²) < 4.78 is 5.59. The molecule has 19 heavy (non-hydrogen) atoms. The molecule has 0 saturated heterocycles. The van der Waals surface area contributed by atoms with Crippen molar-refractivity contribution in [2.45, 2.75) is 0 Å². The number of hydrogen-bond acceptors (Lipinski definition) is 2. The minimum atomic E-state index is 0.624. The van der Waals surface area contributed by atoms with E-state index in [1.807, 2.05) is 66.8 Å². The van der Waals surface area contributed by atoms with Crippen molar-refractivity contribution < 1.29 is 4.42 Å². The van der Waals surface area contributed by atoms with Gasteiger partial charge in [0.05, 0.1) is 0 Å². The van der Waals surface area contributed by atoms with Crippen LogP contribution in [0.4, 0.5) is 0 Å². The van der Waals surface area contributed by atoms with Crippen LogP contribution in [0, 0.1) is 0 Å². The molecule has 2 aromatic carbocycles. The van der Waals surface area contributed by atoms with Gasteiger partial charge in [-0.15, -0.1) is 0 Å². The van der Waals surface area contributed by atoms with Crippen LogP contribution in [0.25, 0.3) is 23.3 Å². The van der Waals surface area contributed by atoms with Crippen LogP contribution in [0.5, 0.6) is 0 Å². The lowest BCUT2D eigenvalue weighted by Crippen LogP contribution is -1.69. The summed E-state index contributed by atoms with van der Waals surface area (Å²) in [6.45, 7) is 0. The Morgan fingerprint density at radius 2 is 1.53 bits per heavy atom. The highest BCUT2D eigenvalue weighted by atomic mass is 16.3. The molecule has 0 aliphatic carbocycles. The summed E-state index contributed by atoms with van der Waals surface area (Å²) >= 11 is 0. The maximum absolute atomic E-state index is 5.59. The first-order valence-electron chi connectivity index (χ1n) is 6.17. The van der Waals surface area contributed by atoms with Gasteiger partial charge in [0.25, 0.3) is 0 Å². The van der Waals surface area contributed by atoms with E-state index in [4.69, 9.17) is 4.42 Å². The number of fused-ring (bicyclic) bond motifs is 1. The van der Waals surface area contributed by atoms with Crippen LogP contribution in [-0.2, 0) is 0 Å². The van der Waals surface area contributed by atoms with Gasteiger partial charge >= 0.3 is 0 Å². The summed E-state index contributed by atoms with van der Waals surface area (Å²) in [4.78, 5) is 4.37. The fourth-order valence-electron chi connectivity index (χ4n) is 1.83. The Bertz CT molecular complexity index is 690. The second-order valence-electron chi connectivity index (χ2n) is 4.15. The minimum Gasteiger partial charge on any atom is -0.437 e. The van der Waals surface area contributed by atoms with Gasteiger partial charge in [-0.2, -0.15) is 0 Å². The number of nitrogens with zero attached hydrogens (tertiary/aromatic N) is 1. The van der Waals surface area contributed by atoms with E-state index in [1.165, 1.54) is 5.56 Å². The Morgan fingerprint density at radius 1 is 0.789 bits per heavy atom. The second kappa shape index (κ2) is 5.36. The molecule has 0 fully saturated rings. The predicted molar refractivity (Wildman–Crippen MR) is 78.5 cm³/mol. The average Bonchev–Trinajstić information content (AvgIpc) is 2.87. The molecule has 3 rings (SSSR count). The van der Waals surface area contributed by atoms with Crippen LogP contribution in [0.1, 0.15) is 11.5 Å². The highest BCUT2D eigenvalue weighted by Gasteiger charge is 1.99. The molecule has 0 unspecified atom stereocenters. The van der Waals surface area contributed by atoms with Crippen molar-refractivity contribution in [3.8, 4) is 0 Å². The smallest absolute Gasteiger partial charge is 0.219 e. The van der Waals surface area contributed by atoms with Gasteiger partial charge in [0, 0.05) is 6.08 Å². The predicted octanol–water partition coefficient (Wildman–Crippen LogP) is 4.55. The molecule has 2 heteroatoms.